The van der Waals surface area contributed by atoms with Gasteiger partial charge >= 0.3 is 0 Å². The van der Waals surface area contributed by atoms with E-state index in [1.807, 2.05) is 21.0 Å². The monoisotopic (exact) mass is 485 g/mol. The summed E-state index contributed by atoms with van der Waals surface area (Å²) < 4.78 is 7.05. The number of nitrogens with zero attached hydrogens (tertiary/aromatic N) is 1. The number of rotatable bonds is 8. The van der Waals surface area contributed by atoms with Crippen LogP contribution in [0.1, 0.15) is 84.6 Å². The van der Waals surface area contributed by atoms with E-state index in [0.29, 0.717) is 31.0 Å². The van der Waals surface area contributed by atoms with E-state index < -0.39 is 8.32 Å². The van der Waals surface area contributed by atoms with Crippen molar-refractivity contribution in [3.63, 3.8) is 0 Å². The zero-order chi connectivity index (χ0) is 25.5. The molecular formula is C29H47NO3Si. The van der Waals surface area contributed by atoms with Gasteiger partial charge in [-0.2, -0.15) is 0 Å². The number of carbonyl (C=O) groups excluding carboxylic acids is 2. The van der Waals surface area contributed by atoms with Crippen LogP contribution in [0.2, 0.25) is 18.1 Å². The van der Waals surface area contributed by atoms with Crippen molar-refractivity contribution in [2.45, 2.75) is 103 Å². The van der Waals surface area contributed by atoms with Gasteiger partial charge in [0, 0.05) is 44.5 Å². The first kappa shape index (κ1) is 27.1. The molecule has 0 saturated heterocycles. The fourth-order valence-electron chi connectivity index (χ4n) is 6.02. The third-order valence-corrected chi connectivity index (χ3v) is 13.8. The van der Waals surface area contributed by atoms with Gasteiger partial charge in [-0.3, -0.25) is 9.59 Å². The largest absolute Gasteiger partial charge is 0.413 e. The predicted octanol–water partition coefficient (Wildman–Crippen LogP) is 6.99. The van der Waals surface area contributed by atoms with Crippen LogP contribution in [0.4, 0.5) is 5.69 Å². The van der Waals surface area contributed by atoms with Crippen LogP contribution >= 0.6 is 0 Å². The molecule has 0 spiro atoms. The predicted molar refractivity (Wildman–Crippen MR) is 144 cm³/mol. The molecule has 1 aromatic rings. The Hall–Kier alpha value is -1.46. The fourth-order valence-corrected chi connectivity index (χ4v) is 7.47. The van der Waals surface area contributed by atoms with Crippen molar-refractivity contribution in [1.29, 1.82) is 0 Å². The number of carbonyl (C=O) groups is 2. The Morgan fingerprint density at radius 3 is 2.29 bits per heavy atom. The van der Waals surface area contributed by atoms with Crippen LogP contribution in [-0.2, 0) is 14.0 Å². The van der Waals surface area contributed by atoms with E-state index in [4.69, 9.17) is 4.43 Å². The molecule has 0 aromatic heterocycles. The smallest absolute Gasteiger partial charge is 0.192 e. The first-order valence-corrected chi connectivity index (χ1v) is 16.1. The van der Waals surface area contributed by atoms with Gasteiger partial charge in [0.25, 0.3) is 0 Å². The van der Waals surface area contributed by atoms with Crippen LogP contribution in [-0.4, -0.2) is 40.1 Å². The van der Waals surface area contributed by atoms with Gasteiger partial charge in [-0.05, 0) is 72.8 Å². The summed E-state index contributed by atoms with van der Waals surface area (Å²) in [7, 11) is 2.13. The van der Waals surface area contributed by atoms with Gasteiger partial charge in [0.15, 0.2) is 8.32 Å². The Morgan fingerprint density at radius 2 is 1.76 bits per heavy atom. The lowest BCUT2D eigenvalue weighted by molar-refractivity contribution is -0.136. The number of fused-ring (bicyclic) bond motifs is 1. The van der Waals surface area contributed by atoms with E-state index in [-0.39, 0.29) is 34.2 Å². The molecule has 3 rings (SSSR count). The number of anilines is 1. The number of hydrogen-bond acceptors (Lipinski definition) is 4. The summed E-state index contributed by atoms with van der Waals surface area (Å²) in [5.41, 5.74) is 2.20. The van der Waals surface area contributed by atoms with Crippen molar-refractivity contribution in [2.75, 3.05) is 19.0 Å². The maximum absolute atomic E-state index is 13.9. The topological polar surface area (TPSA) is 46.6 Å². The number of benzene rings is 1. The van der Waals surface area contributed by atoms with E-state index in [1.165, 1.54) is 0 Å². The van der Waals surface area contributed by atoms with Gasteiger partial charge in [-0.15, -0.1) is 0 Å². The summed E-state index contributed by atoms with van der Waals surface area (Å²) >= 11 is 0. The summed E-state index contributed by atoms with van der Waals surface area (Å²) in [6.07, 6.45) is 4.82. The second-order valence-electron chi connectivity index (χ2n) is 12.7. The molecule has 1 aromatic carbocycles. The minimum absolute atomic E-state index is 0.0474. The zero-order valence-corrected chi connectivity index (χ0v) is 24.0. The van der Waals surface area contributed by atoms with Crippen molar-refractivity contribution in [2.24, 2.45) is 17.3 Å². The van der Waals surface area contributed by atoms with E-state index in [9.17, 15) is 9.59 Å². The number of ketones is 2. The van der Waals surface area contributed by atoms with Gasteiger partial charge in [-0.1, -0.05) is 46.8 Å². The highest BCUT2D eigenvalue weighted by molar-refractivity contribution is 6.74. The molecule has 1 unspecified atom stereocenters. The van der Waals surface area contributed by atoms with Crippen molar-refractivity contribution < 1.29 is 14.0 Å². The lowest BCUT2D eigenvalue weighted by atomic mass is 9.57. The van der Waals surface area contributed by atoms with Crippen LogP contribution in [0, 0.1) is 17.3 Å². The molecule has 5 atom stereocenters. The number of Topliss-reactive ketones (excluding diaryl/α,β-unsaturated/α-hetero) is 2. The average molecular weight is 486 g/mol. The molecule has 34 heavy (non-hydrogen) atoms. The minimum atomic E-state index is -1.94. The summed E-state index contributed by atoms with van der Waals surface area (Å²) in [5, 5.41) is 0.153. The molecule has 4 nitrogen and oxygen atoms in total. The molecule has 2 saturated carbocycles. The SMILES string of the molecule is CCC(=O)CC[C@@H]1C(=O)C(c2ccc(N(C)C)cc2)C[C@@]2(C)[C@H](O[Si](C)(C)C(C)(C)C)CC[C@@H]12. The molecule has 0 amide bonds. The third-order valence-electron chi connectivity index (χ3n) is 9.34. The van der Waals surface area contributed by atoms with Crippen LogP contribution < -0.4 is 4.90 Å². The highest BCUT2D eigenvalue weighted by atomic mass is 28.4. The molecule has 5 heteroatoms. The molecule has 0 aliphatic heterocycles. The van der Waals surface area contributed by atoms with Gasteiger partial charge in [0.1, 0.15) is 11.6 Å². The second-order valence-corrected chi connectivity index (χ2v) is 17.5. The Labute approximate surface area is 209 Å². The Balaban J connectivity index is 1.96. The summed E-state index contributed by atoms with van der Waals surface area (Å²) in [6, 6.07) is 8.50. The Morgan fingerprint density at radius 1 is 1.15 bits per heavy atom. The molecule has 2 fully saturated rings. The Bertz CT molecular complexity index is 886. The molecule has 0 radical (unpaired) electrons. The molecule has 2 aliphatic carbocycles. The van der Waals surface area contributed by atoms with Crippen molar-refractivity contribution >= 4 is 25.6 Å². The summed E-state index contributed by atoms with van der Waals surface area (Å²) in [5.74, 6) is 0.733. The van der Waals surface area contributed by atoms with Crippen molar-refractivity contribution in [1.82, 2.24) is 0 Å². The molecule has 2 aliphatic rings. The maximum atomic E-state index is 13.9. The molecule has 0 bridgehead atoms. The Kier molecular flexibility index (Phi) is 7.89. The van der Waals surface area contributed by atoms with E-state index in [1.54, 1.807) is 0 Å². The van der Waals surface area contributed by atoms with Crippen LogP contribution in [0.15, 0.2) is 24.3 Å². The quantitative estimate of drug-likeness (QED) is 0.372. The second kappa shape index (κ2) is 9.89. The first-order valence-electron chi connectivity index (χ1n) is 13.2. The van der Waals surface area contributed by atoms with Crippen molar-refractivity contribution in [3.05, 3.63) is 29.8 Å². The normalized spacial score (nSPS) is 29.7. The maximum Gasteiger partial charge on any atom is 0.192 e. The number of hydrogen-bond donors (Lipinski definition) is 0. The molecule has 0 N–H and O–H groups in total. The zero-order valence-electron chi connectivity index (χ0n) is 23.0. The lowest BCUT2D eigenvalue weighted by Crippen LogP contribution is -2.52. The molecular weight excluding hydrogens is 438 g/mol. The van der Waals surface area contributed by atoms with Gasteiger partial charge in [0.05, 0.1) is 6.10 Å². The average Bonchev–Trinajstić information content (AvgIpc) is 3.07. The van der Waals surface area contributed by atoms with Gasteiger partial charge in [0.2, 0.25) is 0 Å². The van der Waals surface area contributed by atoms with Gasteiger partial charge in [-0.25, -0.2) is 0 Å². The highest BCUT2D eigenvalue weighted by Crippen LogP contribution is 2.59. The van der Waals surface area contributed by atoms with Crippen LogP contribution in [0.3, 0.4) is 0 Å². The van der Waals surface area contributed by atoms with Crippen molar-refractivity contribution in [3.8, 4) is 0 Å². The van der Waals surface area contributed by atoms with Gasteiger partial charge < -0.3 is 9.33 Å². The van der Waals surface area contributed by atoms with Crippen LogP contribution in [0.25, 0.3) is 0 Å². The fraction of sp³-hybridized carbons (Fsp3) is 0.724. The third kappa shape index (κ3) is 5.21. The van der Waals surface area contributed by atoms with E-state index in [2.05, 4.69) is 70.0 Å². The lowest BCUT2D eigenvalue weighted by Gasteiger charge is -2.50. The van der Waals surface area contributed by atoms with E-state index >= 15 is 0 Å². The molecule has 190 valence electrons. The standard InChI is InChI=1S/C29H47NO3Si/c1-10-22(31)15-16-23-25-17-18-26(33-34(8,9)28(2,3)4)29(25,5)19-24(27(23)32)20-11-13-21(14-12-20)30(6)7/h11-14,23-26H,10,15-19H2,1-9H3/t23-,24?,25-,26+,29+/m0/s1. The highest BCUT2D eigenvalue weighted by Gasteiger charge is 2.58. The van der Waals surface area contributed by atoms with Crippen LogP contribution in [0.5, 0.6) is 0 Å². The first-order chi connectivity index (χ1) is 15.7. The van der Waals surface area contributed by atoms with E-state index in [0.717, 1.165) is 30.5 Å². The molecule has 0 heterocycles. The summed E-state index contributed by atoms with van der Waals surface area (Å²) in [4.78, 5) is 28.2. The summed E-state index contributed by atoms with van der Waals surface area (Å²) in [6.45, 7) is 15.9. The minimum Gasteiger partial charge on any atom is -0.413 e.